The highest BCUT2D eigenvalue weighted by atomic mass is 32.2. The van der Waals surface area contributed by atoms with E-state index in [9.17, 15) is 9.90 Å². The smallest absolute Gasteiger partial charge is 0.225 e. The molecule has 1 fully saturated rings. The number of aliphatic hydroxyl groups excluding tert-OH is 1. The zero-order valence-electron chi connectivity index (χ0n) is 9.93. The van der Waals surface area contributed by atoms with E-state index in [1.54, 1.807) is 16.7 Å². The standard InChI is InChI=1S/C13H17NO2S/c1-10-2-4-12(5-3-10)17-7-6-14-9-11(15)8-13(14)16/h2-5,11,15H,6-9H2,1H3. The Morgan fingerprint density at radius 3 is 2.71 bits per heavy atom. The molecule has 1 N–H and O–H groups in total. The van der Waals surface area contributed by atoms with Crippen molar-refractivity contribution in [2.45, 2.75) is 24.3 Å². The Balaban J connectivity index is 1.76. The van der Waals surface area contributed by atoms with Crippen molar-refractivity contribution in [2.75, 3.05) is 18.8 Å². The molecular formula is C13H17NO2S. The molecule has 1 heterocycles. The van der Waals surface area contributed by atoms with Gasteiger partial charge in [-0.1, -0.05) is 17.7 Å². The summed E-state index contributed by atoms with van der Waals surface area (Å²) in [6, 6.07) is 8.38. The molecule has 1 aromatic carbocycles. The second-order valence-corrected chi connectivity index (χ2v) is 5.53. The highest BCUT2D eigenvalue weighted by Gasteiger charge is 2.27. The normalized spacial score (nSPS) is 20.0. The van der Waals surface area contributed by atoms with E-state index in [0.29, 0.717) is 13.1 Å². The van der Waals surface area contributed by atoms with Gasteiger partial charge in [-0.2, -0.15) is 0 Å². The van der Waals surface area contributed by atoms with Gasteiger partial charge in [0.1, 0.15) is 0 Å². The van der Waals surface area contributed by atoms with E-state index >= 15 is 0 Å². The molecule has 1 unspecified atom stereocenters. The fraction of sp³-hybridized carbons (Fsp3) is 0.462. The molecule has 0 aliphatic carbocycles. The third-order valence-electron chi connectivity index (χ3n) is 2.85. The molecule has 1 atom stereocenters. The zero-order chi connectivity index (χ0) is 12.3. The molecule has 1 aliphatic rings. The number of thioether (sulfide) groups is 1. The largest absolute Gasteiger partial charge is 0.391 e. The number of likely N-dealkylation sites (tertiary alicyclic amines) is 1. The van der Waals surface area contributed by atoms with E-state index in [0.717, 1.165) is 5.75 Å². The summed E-state index contributed by atoms with van der Waals surface area (Å²) >= 11 is 1.74. The maximum Gasteiger partial charge on any atom is 0.225 e. The van der Waals surface area contributed by atoms with E-state index in [2.05, 4.69) is 31.2 Å². The second-order valence-electron chi connectivity index (χ2n) is 4.36. The first kappa shape index (κ1) is 12.5. The van der Waals surface area contributed by atoms with Crippen LogP contribution in [0.1, 0.15) is 12.0 Å². The number of hydrogen-bond donors (Lipinski definition) is 1. The van der Waals surface area contributed by atoms with Crippen LogP contribution in [0.4, 0.5) is 0 Å². The molecule has 4 heteroatoms. The quantitative estimate of drug-likeness (QED) is 0.828. The number of amides is 1. The van der Waals surface area contributed by atoms with Crippen molar-refractivity contribution >= 4 is 17.7 Å². The lowest BCUT2D eigenvalue weighted by Gasteiger charge is -2.15. The molecule has 0 spiro atoms. The molecule has 0 saturated carbocycles. The van der Waals surface area contributed by atoms with Gasteiger partial charge in [0.05, 0.1) is 12.5 Å². The minimum absolute atomic E-state index is 0.0713. The lowest BCUT2D eigenvalue weighted by Crippen LogP contribution is -2.28. The highest BCUT2D eigenvalue weighted by molar-refractivity contribution is 7.99. The van der Waals surface area contributed by atoms with Crippen molar-refractivity contribution in [2.24, 2.45) is 0 Å². The molecule has 1 aromatic rings. The van der Waals surface area contributed by atoms with Crippen LogP contribution >= 0.6 is 11.8 Å². The summed E-state index contributed by atoms with van der Waals surface area (Å²) in [5.74, 6) is 0.948. The van der Waals surface area contributed by atoms with Crippen molar-refractivity contribution in [1.29, 1.82) is 0 Å². The van der Waals surface area contributed by atoms with Crippen LogP contribution in [0.3, 0.4) is 0 Å². The number of aliphatic hydroxyl groups is 1. The van der Waals surface area contributed by atoms with Gasteiger partial charge in [-0.25, -0.2) is 0 Å². The maximum absolute atomic E-state index is 11.4. The molecule has 1 amide bonds. The van der Waals surface area contributed by atoms with E-state index in [4.69, 9.17) is 0 Å². The molecular weight excluding hydrogens is 234 g/mol. The van der Waals surface area contributed by atoms with Crippen LogP contribution < -0.4 is 0 Å². The Morgan fingerprint density at radius 2 is 2.12 bits per heavy atom. The molecule has 0 aromatic heterocycles. The van der Waals surface area contributed by atoms with Gasteiger partial charge >= 0.3 is 0 Å². The molecule has 3 nitrogen and oxygen atoms in total. The highest BCUT2D eigenvalue weighted by Crippen LogP contribution is 2.19. The Hall–Kier alpha value is -1.00. The van der Waals surface area contributed by atoms with Gasteiger partial charge in [0.25, 0.3) is 0 Å². The van der Waals surface area contributed by atoms with E-state index < -0.39 is 6.10 Å². The number of hydrogen-bond acceptors (Lipinski definition) is 3. The third-order valence-corrected chi connectivity index (χ3v) is 3.84. The first-order chi connectivity index (χ1) is 8.15. The SMILES string of the molecule is Cc1ccc(SCCN2CC(O)CC2=O)cc1. The maximum atomic E-state index is 11.4. The Kier molecular flexibility index (Phi) is 4.07. The molecule has 92 valence electrons. The number of benzene rings is 1. The molecule has 17 heavy (non-hydrogen) atoms. The van der Waals surface area contributed by atoms with Crippen molar-refractivity contribution in [3.8, 4) is 0 Å². The van der Waals surface area contributed by atoms with Gasteiger partial charge in [-0.3, -0.25) is 4.79 Å². The molecule has 1 saturated heterocycles. The monoisotopic (exact) mass is 251 g/mol. The van der Waals surface area contributed by atoms with E-state index in [-0.39, 0.29) is 12.3 Å². The molecule has 0 bridgehead atoms. The third kappa shape index (κ3) is 3.48. The number of β-amino-alcohol motifs (C(OH)–C–C–N with tert-alkyl or cyclic N) is 1. The van der Waals surface area contributed by atoms with Crippen LogP contribution in [0.15, 0.2) is 29.2 Å². The molecule has 0 radical (unpaired) electrons. The summed E-state index contributed by atoms with van der Waals surface area (Å²) in [5, 5.41) is 9.35. The number of aryl methyl sites for hydroxylation is 1. The van der Waals surface area contributed by atoms with Crippen molar-refractivity contribution in [3.63, 3.8) is 0 Å². The minimum Gasteiger partial charge on any atom is -0.391 e. The summed E-state index contributed by atoms with van der Waals surface area (Å²) in [6.45, 7) is 3.28. The van der Waals surface area contributed by atoms with Gasteiger partial charge in [0, 0.05) is 23.7 Å². The van der Waals surface area contributed by atoms with Gasteiger partial charge in [0.15, 0.2) is 0 Å². The topological polar surface area (TPSA) is 40.5 Å². The fourth-order valence-corrected chi connectivity index (χ4v) is 2.75. The summed E-state index contributed by atoms with van der Waals surface area (Å²) in [5.41, 5.74) is 1.26. The lowest BCUT2D eigenvalue weighted by atomic mass is 10.2. The summed E-state index contributed by atoms with van der Waals surface area (Å²) in [4.78, 5) is 14.4. The van der Waals surface area contributed by atoms with Gasteiger partial charge in [0.2, 0.25) is 5.91 Å². The summed E-state index contributed by atoms with van der Waals surface area (Å²) in [7, 11) is 0. The Labute approximate surface area is 106 Å². The van der Waals surface area contributed by atoms with Crippen LogP contribution in [0, 0.1) is 6.92 Å². The zero-order valence-corrected chi connectivity index (χ0v) is 10.7. The number of nitrogens with zero attached hydrogens (tertiary/aromatic N) is 1. The predicted molar refractivity (Wildman–Crippen MR) is 69.1 cm³/mol. The van der Waals surface area contributed by atoms with E-state index in [1.807, 2.05) is 0 Å². The number of carbonyl (C=O) groups excluding carboxylic acids is 1. The second kappa shape index (κ2) is 5.56. The van der Waals surface area contributed by atoms with Crippen molar-refractivity contribution < 1.29 is 9.90 Å². The van der Waals surface area contributed by atoms with Crippen LogP contribution in [0.2, 0.25) is 0 Å². The minimum atomic E-state index is -0.466. The number of rotatable bonds is 4. The van der Waals surface area contributed by atoms with Crippen LogP contribution in [-0.2, 0) is 4.79 Å². The van der Waals surface area contributed by atoms with Crippen LogP contribution in [-0.4, -0.2) is 40.9 Å². The van der Waals surface area contributed by atoms with Crippen LogP contribution in [0.25, 0.3) is 0 Å². The average molecular weight is 251 g/mol. The first-order valence-electron chi connectivity index (χ1n) is 5.80. The lowest BCUT2D eigenvalue weighted by molar-refractivity contribution is -0.127. The fourth-order valence-electron chi connectivity index (χ4n) is 1.88. The number of carbonyl (C=O) groups is 1. The van der Waals surface area contributed by atoms with Gasteiger partial charge in [-0.15, -0.1) is 11.8 Å². The Morgan fingerprint density at radius 1 is 1.41 bits per heavy atom. The summed E-state index contributed by atoms with van der Waals surface area (Å²) < 4.78 is 0. The Bertz CT molecular complexity index is 391. The average Bonchev–Trinajstić information content (AvgIpc) is 2.60. The van der Waals surface area contributed by atoms with Gasteiger partial charge < -0.3 is 10.0 Å². The predicted octanol–water partition coefficient (Wildman–Crippen LogP) is 1.68. The molecule has 2 rings (SSSR count). The molecule has 1 aliphatic heterocycles. The van der Waals surface area contributed by atoms with Crippen molar-refractivity contribution in [1.82, 2.24) is 4.90 Å². The van der Waals surface area contributed by atoms with Crippen molar-refractivity contribution in [3.05, 3.63) is 29.8 Å². The first-order valence-corrected chi connectivity index (χ1v) is 6.79. The summed E-state index contributed by atoms with van der Waals surface area (Å²) in [6.07, 6.45) is -0.179. The van der Waals surface area contributed by atoms with E-state index in [1.165, 1.54) is 10.5 Å². The van der Waals surface area contributed by atoms with Gasteiger partial charge in [-0.05, 0) is 19.1 Å². The van der Waals surface area contributed by atoms with Crippen LogP contribution in [0.5, 0.6) is 0 Å².